The standard InChI is InChI=1S/C26H46N6O4/c1-25(2)17-11-12-26(25,3)20(15-17)32-21(33)19(14-16-8-5-4-6-9-16)31-24(36)30-18(22(34)35)10-7-13-29-23(27)28/h16-20H,4-15H2,1-3H3,(H,32,33)(H,34,35)(H4,27,28,29)(H2,30,31,36)/t17-,18+,19-,20+,26+/m1/s1. The molecule has 3 amide bonds. The summed E-state index contributed by atoms with van der Waals surface area (Å²) in [5.74, 6) is -0.394. The Bertz CT molecular complexity index is 836. The number of aliphatic carboxylic acids is 1. The van der Waals surface area contributed by atoms with Crippen LogP contribution < -0.4 is 27.4 Å². The lowest BCUT2D eigenvalue weighted by molar-refractivity contribution is -0.139. The predicted molar refractivity (Wildman–Crippen MR) is 139 cm³/mol. The lowest BCUT2D eigenvalue weighted by atomic mass is 9.69. The Labute approximate surface area is 214 Å². The summed E-state index contributed by atoms with van der Waals surface area (Å²) >= 11 is 0. The topological polar surface area (TPSA) is 172 Å². The number of aliphatic imine (C=N–C) groups is 1. The second kappa shape index (κ2) is 11.7. The Hall–Kier alpha value is -2.52. The van der Waals surface area contributed by atoms with Crippen molar-refractivity contribution >= 4 is 23.9 Å². The summed E-state index contributed by atoms with van der Waals surface area (Å²) in [5, 5.41) is 18.2. The number of fused-ring (bicyclic) bond motifs is 2. The highest BCUT2D eigenvalue weighted by Gasteiger charge is 2.61. The largest absolute Gasteiger partial charge is 0.480 e. The molecule has 0 aliphatic heterocycles. The van der Waals surface area contributed by atoms with Gasteiger partial charge in [-0.2, -0.15) is 0 Å². The molecule has 3 saturated carbocycles. The van der Waals surface area contributed by atoms with Crippen molar-refractivity contribution in [3.8, 4) is 0 Å². The van der Waals surface area contributed by atoms with Crippen LogP contribution in [0.4, 0.5) is 4.79 Å². The van der Waals surface area contributed by atoms with Crippen molar-refractivity contribution in [2.75, 3.05) is 6.54 Å². The number of carbonyl (C=O) groups is 3. The fourth-order valence-electron chi connectivity index (χ4n) is 6.80. The number of amides is 3. The number of nitrogens with zero attached hydrogens (tertiary/aromatic N) is 1. The first-order chi connectivity index (χ1) is 16.9. The summed E-state index contributed by atoms with van der Waals surface area (Å²) in [5.41, 5.74) is 10.8. The average Bonchev–Trinajstić information content (AvgIpc) is 3.14. The first kappa shape index (κ1) is 28.1. The van der Waals surface area contributed by atoms with E-state index in [2.05, 4.69) is 41.7 Å². The molecule has 0 aromatic heterocycles. The van der Waals surface area contributed by atoms with Gasteiger partial charge in [0.05, 0.1) is 0 Å². The molecule has 2 bridgehead atoms. The van der Waals surface area contributed by atoms with E-state index < -0.39 is 24.1 Å². The number of rotatable bonds is 11. The maximum Gasteiger partial charge on any atom is 0.326 e. The Kier molecular flexibility index (Phi) is 9.11. The van der Waals surface area contributed by atoms with Crippen molar-refractivity contribution < 1.29 is 19.5 Å². The predicted octanol–water partition coefficient (Wildman–Crippen LogP) is 2.46. The number of carbonyl (C=O) groups excluding carboxylic acids is 2. The number of hydrogen-bond acceptors (Lipinski definition) is 4. The molecular weight excluding hydrogens is 460 g/mol. The smallest absolute Gasteiger partial charge is 0.326 e. The minimum atomic E-state index is -1.14. The Morgan fingerprint density at radius 3 is 2.25 bits per heavy atom. The molecular formula is C26H46N6O4. The van der Waals surface area contributed by atoms with E-state index in [1.807, 2.05) is 0 Å². The van der Waals surface area contributed by atoms with Crippen LogP contribution in [0.2, 0.25) is 0 Å². The van der Waals surface area contributed by atoms with Gasteiger partial charge in [0, 0.05) is 12.6 Å². The lowest BCUT2D eigenvalue weighted by Crippen LogP contribution is -2.57. The molecule has 204 valence electrons. The van der Waals surface area contributed by atoms with Crippen molar-refractivity contribution in [1.82, 2.24) is 16.0 Å². The van der Waals surface area contributed by atoms with Crippen LogP contribution in [0.25, 0.3) is 0 Å². The zero-order chi connectivity index (χ0) is 26.5. The molecule has 3 rings (SSSR count). The molecule has 3 aliphatic carbocycles. The van der Waals surface area contributed by atoms with Crippen molar-refractivity contribution in [3.05, 3.63) is 0 Å². The third-order valence-corrected chi connectivity index (χ3v) is 9.57. The van der Waals surface area contributed by atoms with Gasteiger partial charge < -0.3 is 32.5 Å². The summed E-state index contributed by atoms with van der Waals surface area (Å²) in [7, 11) is 0. The highest BCUT2D eigenvalue weighted by molar-refractivity contribution is 5.89. The van der Waals surface area contributed by atoms with E-state index in [0.29, 0.717) is 24.7 Å². The van der Waals surface area contributed by atoms with Crippen LogP contribution in [0.15, 0.2) is 4.99 Å². The van der Waals surface area contributed by atoms with Crippen molar-refractivity contribution in [2.45, 2.75) is 110 Å². The molecule has 10 heteroatoms. The fraction of sp³-hybridized carbons (Fsp3) is 0.846. The molecule has 0 radical (unpaired) electrons. The van der Waals surface area contributed by atoms with Gasteiger partial charge in [-0.15, -0.1) is 0 Å². The van der Waals surface area contributed by atoms with Gasteiger partial charge in [-0.1, -0.05) is 52.9 Å². The highest BCUT2D eigenvalue weighted by Crippen LogP contribution is 2.65. The van der Waals surface area contributed by atoms with Crippen LogP contribution in [0.3, 0.4) is 0 Å². The van der Waals surface area contributed by atoms with E-state index >= 15 is 0 Å². The van der Waals surface area contributed by atoms with Gasteiger partial charge in [0.25, 0.3) is 0 Å². The van der Waals surface area contributed by atoms with Gasteiger partial charge in [-0.3, -0.25) is 9.79 Å². The minimum Gasteiger partial charge on any atom is -0.480 e. The third kappa shape index (κ3) is 6.42. The van der Waals surface area contributed by atoms with Crippen LogP contribution in [0.1, 0.15) is 91.4 Å². The van der Waals surface area contributed by atoms with Gasteiger partial charge in [0.1, 0.15) is 12.1 Å². The minimum absolute atomic E-state index is 0.0365. The Balaban J connectivity index is 1.63. The molecule has 0 heterocycles. The molecule has 3 aliphatic rings. The number of nitrogens with one attached hydrogen (secondary N) is 3. The van der Waals surface area contributed by atoms with Crippen LogP contribution in [-0.4, -0.2) is 53.6 Å². The second-order valence-electron chi connectivity index (χ2n) is 11.9. The van der Waals surface area contributed by atoms with E-state index in [-0.39, 0.29) is 41.7 Å². The summed E-state index contributed by atoms with van der Waals surface area (Å²) < 4.78 is 0. The molecule has 0 spiro atoms. The molecule has 5 atom stereocenters. The zero-order valence-electron chi connectivity index (χ0n) is 22.1. The summed E-state index contributed by atoms with van der Waals surface area (Å²) in [4.78, 5) is 41.9. The van der Waals surface area contributed by atoms with E-state index in [4.69, 9.17) is 11.5 Å². The SMILES string of the molecule is CC1(C)[C@@H]2CC[C@@]1(C)[C@@H](NC(=O)[C@@H](CC1CCCCC1)NC(=O)N[C@@H](CCCN=C(N)N)C(=O)O)C2. The number of nitrogens with two attached hydrogens (primary N) is 2. The molecule has 0 unspecified atom stereocenters. The Morgan fingerprint density at radius 2 is 1.69 bits per heavy atom. The van der Waals surface area contributed by atoms with Crippen LogP contribution >= 0.6 is 0 Å². The van der Waals surface area contributed by atoms with Crippen LogP contribution in [-0.2, 0) is 9.59 Å². The van der Waals surface area contributed by atoms with E-state index in [1.54, 1.807) is 0 Å². The normalized spacial score (nSPS) is 28.6. The first-order valence-corrected chi connectivity index (χ1v) is 13.6. The van der Waals surface area contributed by atoms with Crippen LogP contribution in [0, 0.1) is 22.7 Å². The Morgan fingerprint density at radius 1 is 1.03 bits per heavy atom. The van der Waals surface area contributed by atoms with Crippen molar-refractivity contribution in [2.24, 2.45) is 39.1 Å². The monoisotopic (exact) mass is 506 g/mol. The number of carboxylic acids is 1. The molecule has 36 heavy (non-hydrogen) atoms. The third-order valence-electron chi connectivity index (χ3n) is 9.57. The van der Waals surface area contributed by atoms with Crippen molar-refractivity contribution in [1.29, 1.82) is 0 Å². The number of guanidine groups is 1. The quantitative estimate of drug-likeness (QED) is 0.143. The van der Waals surface area contributed by atoms with E-state index in [1.165, 1.54) is 12.8 Å². The van der Waals surface area contributed by atoms with E-state index in [0.717, 1.165) is 38.5 Å². The van der Waals surface area contributed by atoms with Gasteiger partial charge in [0.2, 0.25) is 5.91 Å². The molecule has 0 aromatic rings. The molecule has 0 saturated heterocycles. The molecule has 8 N–H and O–H groups in total. The summed E-state index contributed by atoms with van der Waals surface area (Å²) in [6.07, 6.45) is 9.98. The van der Waals surface area contributed by atoms with Gasteiger partial charge in [-0.05, 0) is 61.2 Å². The number of urea groups is 1. The summed E-state index contributed by atoms with van der Waals surface area (Å²) in [6, 6.07) is -2.35. The van der Waals surface area contributed by atoms with Crippen molar-refractivity contribution in [3.63, 3.8) is 0 Å². The molecule has 10 nitrogen and oxygen atoms in total. The maximum absolute atomic E-state index is 13.5. The van der Waals surface area contributed by atoms with Gasteiger partial charge >= 0.3 is 12.0 Å². The van der Waals surface area contributed by atoms with Gasteiger partial charge in [0.15, 0.2) is 5.96 Å². The first-order valence-electron chi connectivity index (χ1n) is 13.6. The van der Waals surface area contributed by atoms with Gasteiger partial charge in [-0.25, -0.2) is 9.59 Å². The lowest BCUT2D eigenvalue weighted by Gasteiger charge is -2.40. The molecule has 0 aromatic carbocycles. The van der Waals surface area contributed by atoms with E-state index in [9.17, 15) is 19.5 Å². The highest BCUT2D eigenvalue weighted by atomic mass is 16.4. The number of carboxylic acid groups (broad SMARTS) is 1. The van der Waals surface area contributed by atoms with Crippen LogP contribution in [0.5, 0.6) is 0 Å². The number of hydrogen-bond donors (Lipinski definition) is 6. The summed E-state index contributed by atoms with van der Waals surface area (Å²) in [6.45, 7) is 7.17. The maximum atomic E-state index is 13.5. The zero-order valence-corrected chi connectivity index (χ0v) is 22.1. The average molecular weight is 507 g/mol. The fourth-order valence-corrected chi connectivity index (χ4v) is 6.80. The molecule has 3 fully saturated rings. The second-order valence-corrected chi connectivity index (χ2v) is 11.9.